The summed E-state index contributed by atoms with van der Waals surface area (Å²) in [7, 11) is -2.42. The van der Waals surface area contributed by atoms with Crippen molar-refractivity contribution in [2.75, 3.05) is 12.4 Å². The third-order valence-electron chi connectivity index (χ3n) is 4.85. The number of hydrogen-bond acceptors (Lipinski definition) is 5. The van der Waals surface area contributed by atoms with Crippen molar-refractivity contribution in [3.8, 4) is 5.75 Å². The fraction of sp³-hybridized carbons (Fsp3) is 0.167. The number of anilines is 1. The fourth-order valence-corrected chi connectivity index (χ4v) is 4.22. The lowest BCUT2D eigenvalue weighted by molar-refractivity contribution is -0.122. The number of benzene rings is 3. The molecule has 3 aromatic carbocycles. The van der Waals surface area contributed by atoms with Gasteiger partial charge in [0.15, 0.2) is 0 Å². The standard InChI is InChI=1S/C24H24FN3O5S/c1-16(28-34(31,32)22-12-10-21(33-2)11-13-22)23(29)26-15-17-4-3-5-20(14-17)27-24(30)18-6-8-19(25)9-7-18/h3-14,16,28H,15H2,1-2H3,(H,26,29)(H,27,30)/t16-/m0/s1. The lowest BCUT2D eigenvalue weighted by Crippen LogP contribution is -2.44. The highest BCUT2D eigenvalue weighted by atomic mass is 32.2. The minimum atomic E-state index is -3.90. The number of amides is 2. The van der Waals surface area contributed by atoms with E-state index in [0.29, 0.717) is 22.6 Å². The molecule has 10 heteroatoms. The number of sulfonamides is 1. The molecule has 0 aliphatic heterocycles. The maximum absolute atomic E-state index is 13.0. The summed E-state index contributed by atoms with van der Waals surface area (Å²) in [5.74, 6) is -0.837. The van der Waals surface area contributed by atoms with E-state index in [-0.39, 0.29) is 11.4 Å². The molecule has 0 radical (unpaired) electrons. The summed E-state index contributed by atoms with van der Waals surface area (Å²) in [5.41, 5.74) is 1.49. The Kier molecular flexibility index (Phi) is 7.98. The molecule has 3 rings (SSSR count). The normalized spacial score (nSPS) is 12.0. The Labute approximate surface area is 197 Å². The predicted octanol–water partition coefficient (Wildman–Crippen LogP) is 3.07. The van der Waals surface area contributed by atoms with E-state index in [1.807, 2.05) is 0 Å². The Morgan fingerprint density at radius 1 is 1.00 bits per heavy atom. The topological polar surface area (TPSA) is 114 Å². The van der Waals surface area contributed by atoms with Gasteiger partial charge in [-0.15, -0.1) is 0 Å². The van der Waals surface area contributed by atoms with Crippen molar-refractivity contribution in [1.82, 2.24) is 10.0 Å². The molecule has 0 aromatic heterocycles. The van der Waals surface area contributed by atoms with E-state index in [4.69, 9.17) is 4.74 Å². The third-order valence-corrected chi connectivity index (χ3v) is 6.41. The fourth-order valence-electron chi connectivity index (χ4n) is 3.02. The van der Waals surface area contributed by atoms with Gasteiger partial charge in [-0.25, -0.2) is 12.8 Å². The molecule has 0 unspecified atom stereocenters. The lowest BCUT2D eigenvalue weighted by atomic mass is 10.1. The van der Waals surface area contributed by atoms with E-state index in [2.05, 4.69) is 15.4 Å². The summed E-state index contributed by atoms with van der Waals surface area (Å²) in [6, 6.07) is 16.7. The van der Waals surface area contributed by atoms with Crippen LogP contribution in [0.5, 0.6) is 5.75 Å². The van der Waals surface area contributed by atoms with Gasteiger partial charge in [-0.3, -0.25) is 9.59 Å². The molecular weight excluding hydrogens is 461 g/mol. The highest BCUT2D eigenvalue weighted by Crippen LogP contribution is 2.16. The van der Waals surface area contributed by atoms with Crippen LogP contribution in [-0.2, 0) is 21.4 Å². The van der Waals surface area contributed by atoms with Crippen LogP contribution in [0.25, 0.3) is 0 Å². The number of rotatable bonds is 9. The molecule has 1 atom stereocenters. The van der Waals surface area contributed by atoms with Gasteiger partial charge in [0.1, 0.15) is 11.6 Å². The summed E-state index contributed by atoms with van der Waals surface area (Å²) < 4.78 is 45.4. The molecule has 0 heterocycles. The Bertz CT molecular complexity index is 1260. The van der Waals surface area contributed by atoms with Gasteiger partial charge in [0.2, 0.25) is 15.9 Å². The SMILES string of the molecule is COc1ccc(S(=O)(=O)N[C@@H](C)C(=O)NCc2cccc(NC(=O)c3ccc(F)cc3)c2)cc1. The number of ether oxygens (including phenoxy) is 1. The lowest BCUT2D eigenvalue weighted by Gasteiger charge is -2.15. The molecular formula is C24H24FN3O5S. The van der Waals surface area contributed by atoms with Crippen molar-refractivity contribution in [2.45, 2.75) is 24.4 Å². The Morgan fingerprint density at radius 2 is 1.68 bits per heavy atom. The molecule has 2 amide bonds. The smallest absolute Gasteiger partial charge is 0.255 e. The number of halogens is 1. The van der Waals surface area contributed by atoms with Gasteiger partial charge < -0.3 is 15.4 Å². The number of carbonyl (C=O) groups is 2. The van der Waals surface area contributed by atoms with Crippen LogP contribution < -0.4 is 20.1 Å². The second-order valence-electron chi connectivity index (χ2n) is 7.40. The van der Waals surface area contributed by atoms with E-state index < -0.39 is 33.7 Å². The molecule has 0 saturated carbocycles. The molecule has 0 aliphatic rings. The maximum Gasteiger partial charge on any atom is 0.255 e. The van der Waals surface area contributed by atoms with E-state index in [0.717, 1.165) is 0 Å². The van der Waals surface area contributed by atoms with E-state index in [1.165, 1.54) is 62.6 Å². The average molecular weight is 486 g/mol. The van der Waals surface area contributed by atoms with Crippen LogP contribution in [0.1, 0.15) is 22.8 Å². The summed E-state index contributed by atoms with van der Waals surface area (Å²) >= 11 is 0. The first-order valence-electron chi connectivity index (χ1n) is 10.3. The molecule has 8 nitrogen and oxygen atoms in total. The quantitative estimate of drug-likeness (QED) is 0.431. The van der Waals surface area contributed by atoms with Crippen molar-refractivity contribution >= 4 is 27.5 Å². The number of nitrogens with one attached hydrogen (secondary N) is 3. The molecule has 0 bridgehead atoms. The first kappa shape index (κ1) is 24.9. The minimum Gasteiger partial charge on any atom is -0.497 e. The summed E-state index contributed by atoms with van der Waals surface area (Å²) in [6.07, 6.45) is 0. The van der Waals surface area contributed by atoms with Crippen molar-refractivity contribution in [3.05, 3.63) is 89.7 Å². The molecule has 0 saturated heterocycles. The molecule has 3 aromatic rings. The molecule has 34 heavy (non-hydrogen) atoms. The van der Waals surface area contributed by atoms with Crippen LogP contribution in [0.2, 0.25) is 0 Å². The first-order chi connectivity index (χ1) is 16.2. The van der Waals surface area contributed by atoms with Crippen LogP contribution in [0, 0.1) is 5.82 Å². The van der Waals surface area contributed by atoms with Gasteiger partial charge in [0, 0.05) is 17.8 Å². The van der Waals surface area contributed by atoms with Gasteiger partial charge in [-0.05, 0) is 73.2 Å². The van der Waals surface area contributed by atoms with E-state index >= 15 is 0 Å². The van der Waals surface area contributed by atoms with Crippen molar-refractivity contribution < 1.29 is 27.1 Å². The van der Waals surface area contributed by atoms with Gasteiger partial charge in [0.05, 0.1) is 18.0 Å². The van der Waals surface area contributed by atoms with Crippen molar-refractivity contribution in [1.29, 1.82) is 0 Å². The Morgan fingerprint density at radius 3 is 2.32 bits per heavy atom. The van der Waals surface area contributed by atoms with Gasteiger partial charge in [-0.1, -0.05) is 12.1 Å². The number of carbonyl (C=O) groups excluding carboxylic acids is 2. The minimum absolute atomic E-state index is 0.0116. The molecule has 0 aliphatic carbocycles. The van der Waals surface area contributed by atoms with Crippen LogP contribution in [-0.4, -0.2) is 33.4 Å². The highest BCUT2D eigenvalue weighted by Gasteiger charge is 2.22. The zero-order chi connectivity index (χ0) is 24.7. The van der Waals surface area contributed by atoms with Crippen LogP contribution >= 0.6 is 0 Å². The van der Waals surface area contributed by atoms with Crippen LogP contribution in [0.4, 0.5) is 10.1 Å². The average Bonchev–Trinajstić information content (AvgIpc) is 2.83. The van der Waals surface area contributed by atoms with E-state index in [1.54, 1.807) is 24.3 Å². The zero-order valence-electron chi connectivity index (χ0n) is 18.5. The van der Waals surface area contributed by atoms with Crippen LogP contribution in [0.15, 0.2) is 77.7 Å². The number of methoxy groups -OCH3 is 1. The third kappa shape index (κ3) is 6.63. The summed E-state index contributed by atoms with van der Waals surface area (Å²) in [5, 5.41) is 5.38. The van der Waals surface area contributed by atoms with Crippen LogP contribution in [0.3, 0.4) is 0 Å². The summed E-state index contributed by atoms with van der Waals surface area (Å²) in [6.45, 7) is 1.56. The van der Waals surface area contributed by atoms with Gasteiger partial charge >= 0.3 is 0 Å². The highest BCUT2D eigenvalue weighted by molar-refractivity contribution is 7.89. The zero-order valence-corrected chi connectivity index (χ0v) is 19.4. The maximum atomic E-state index is 13.0. The Hall–Kier alpha value is -3.76. The largest absolute Gasteiger partial charge is 0.497 e. The van der Waals surface area contributed by atoms with Gasteiger partial charge in [-0.2, -0.15) is 4.72 Å². The second-order valence-corrected chi connectivity index (χ2v) is 9.11. The van der Waals surface area contributed by atoms with Gasteiger partial charge in [0.25, 0.3) is 5.91 Å². The van der Waals surface area contributed by atoms with Crippen molar-refractivity contribution in [2.24, 2.45) is 0 Å². The molecule has 178 valence electrons. The molecule has 3 N–H and O–H groups in total. The van der Waals surface area contributed by atoms with E-state index in [9.17, 15) is 22.4 Å². The molecule has 0 fully saturated rings. The predicted molar refractivity (Wildman–Crippen MR) is 125 cm³/mol. The number of hydrogen-bond donors (Lipinski definition) is 3. The monoisotopic (exact) mass is 485 g/mol. The second kappa shape index (κ2) is 10.9. The Balaban J connectivity index is 1.56. The molecule has 0 spiro atoms. The summed E-state index contributed by atoms with van der Waals surface area (Å²) in [4.78, 5) is 24.8. The first-order valence-corrected chi connectivity index (χ1v) is 11.8. The van der Waals surface area contributed by atoms with Crippen molar-refractivity contribution in [3.63, 3.8) is 0 Å².